The van der Waals surface area contributed by atoms with Crippen LogP contribution in [0.25, 0.3) is 10.9 Å². The van der Waals surface area contributed by atoms with Crippen LogP contribution in [0.1, 0.15) is 17.3 Å². The van der Waals surface area contributed by atoms with Gasteiger partial charge in [-0.3, -0.25) is 9.69 Å². The maximum absolute atomic E-state index is 12.9. The van der Waals surface area contributed by atoms with Crippen molar-refractivity contribution in [1.82, 2.24) is 14.4 Å². The number of benzene rings is 1. The third-order valence-corrected chi connectivity index (χ3v) is 4.77. The molecule has 1 fully saturated rings. The number of hydrogen-bond donors (Lipinski definition) is 1. The lowest BCUT2D eigenvalue weighted by molar-refractivity contribution is 0.0111. The number of rotatable bonds is 6. The van der Waals surface area contributed by atoms with Gasteiger partial charge in [-0.15, -0.1) is 0 Å². The molecular formula is C19H27N3O3. The SMILES string of the molecule is CCOC[C@@H](O)CN1CCN(C(=O)c2cn(C)c3ccccc23)CC1. The second kappa shape index (κ2) is 7.99. The van der Waals surface area contributed by atoms with Crippen LogP contribution >= 0.6 is 0 Å². The number of ether oxygens (including phenoxy) is 1. The zero-order chi connectivity index (χ0) is 17.8. The molecule has 0 aliphatic carbocycles. The zero-order valence-corrected chi connectivity index (χ0v) is 15.0. The Hall–Kier alpha value is -1.89. The number of carbonyl (C=O) groups excluding carboxylic acids is 1. The molecule has 3 rings (SSSR count). The average molecular weight is 345 g/mol. The number of fused-ring (bicyclic) bond motifs is 1. The second-order valence-electron chi connectivity index (χ2n) is 6.58. The van der Waals surface area contributed by atoms with E-state index in [0.717, 1.165) is 29.6 Å². The first kappa shape index (κ1) is 17.9. The Morgan fingerprint density at radius 2 is 1.96 bits per heavy atom. The van der Waals surface area contributed by atoms with E-state index in [2.05, 4.69) is 4.90 Å². The molecule has 1 saturated heterocycles. The molecule has 0 radical (unpaired) electrons. The van der Waals surface area contributed by atoms with E-state index in [9.17, 15) is 9.90 Å². The molecule has 2 aromatic rings. The number of aliphatic hydroxyl groups excluding tert-OH is 1. The quantitative estimate of drug-likeness (QED) is 0.858. The molecule has 25 heavy (non-hydrogen) atoms. The number of aryl methyl sites for hydroxylation is 1. The Bertz CT molecular complexity index is 720. The van der Waals surface area contributed by atoms with Crippen LogP contribution in [-0.2, 0) is 11.8 Å². The van der Waals surface area contributed by atoms with E-state index in [1.165, 1.54) is 0 Å². The minimum atomic E-state index is -0.472. The molecule has 0 unspecified atom stereocenters. The lowest BCUT2D eigenvalue weighted by atomic mass is 10.1. The van der Waals surface area contributed by atoms with E-state index in [0.29, 0.717) is 32.8 Å². The Morgan fingerprint density at radius 3 is 2.68 bits per heavy atom. The predicted octanol–water partition coefficient (Wildman–Crippen LogP) is 1.33. The molecule has 6 heteroatoms. The first-order valence-corrected chi connectivity index (χ1v) is 8.91. The molecule has 0 saturated carbocycles. The summed E-state index contributed by atoms with van der Waals surface area (Å²) in [6.07, 6.45) is 1.45. The number of piperazine rings is 1. The largest absolute Gasteiger partial charge is 0.389 e. The van der Waals surface area contributed by atoms with Crippen LogP contribution in [0.15, 0.2) is 30.5 Å². The molecule has 136 valence electrons. The second-order valence-corrected chi connectivity index (χ2v) is 6.58. The molecule has 0 spiro atoms. The number of β-amino-alcohol motifs (C(OH)–C–C–N with tert-alkyl or cyclic N) is 1. The molecule has 2 heterocycles. The van der Waals surface area contributed by atoms with Crippen molar-refractivity contribution in [3.05, 3.63) is 36.0 Å². The van der Waals surface area contributed by atoms with Crippen LogP contribution in [-0.4, -0.2) is 77.4 Å². The molecule has 1 aromatic carbocycles. The molecule has 1 atom stereocenters. The Kier molecular flexibility index (Phi) is 5.73. The molecule has 1 aromatic heterocycles. The monoisotopic (exact) mass is 345 g/mol. The minimum absolute atomic E-state index is 0.0892. The minimum Gasteiger partial charge on any atom is -0.389 e. The Balaban J connectivity index is 1.60. The Labute approximate surface area is 148 Å². The van der Waals surface area contributed by atoms with Crippen molar-refractivity contribution < 1.29 is 14.6 Å². The third-order valence-electron chi connectivity index (χ3n) is 4.77. The summed E-state index contributed by atoms with van der Waals surface area (Å²) in [7, 11) is 1.97. The van der Waals surface area contributed by atoms with Gasteiger partial charge in [0.1, 0.15) is 0 Å². The van der Waals surface area contributed by atoms with E-state index >= 15 is 0 Å². The smallest absolute Gasteiger partial charge is 0.256 e. The van der Waals surface area contributed by atoms with Gasteiger partial charge < -0.3 is 19.3 Å². The van der Waals surface area contributed by atoms with Crippen molar-refractivity contribution in [3.63, 3.8) is 0 Å². The topological polar surface area (TPSA) is 57.9 Å². The molecule has 1 N–H and O–H groups in total. The summed E-state index contributed by atoms with van der Waals surface area (Å²) in [6, 6.07) is 7.99. The van der Waals surface area contributed by atoms with Gasteiger partial charge in [0.2, 0.25) is 0 Å². The van der Waals surface area contributed by atoms with E-state index in [1.54, 1.807) is 0 Å². The summed E-state index contributed by atoms with van der Waals surface area (Å²) in [5.74, 6) is 0.0892. The molecule has 6 nitrogen and oxygen atoms in total. The van der Waals surface area contributed by atoms with E-state index in [-0.39, 0.29) is 5.91 Å². The van der Waals surface area contributed by atoms with Gasteiger partial charge in [-0.1, -0.05) is 18.2 Å². The van der Waals surface area contributed by atoms with Gasteiger partial charge in [0.05, 0.1) is 18.3 Å². The number of aromatic nitrogens is 1. The van der Waals surface area contributed by atoms with Crippen LogP contribution in [0.3, 0.4) is 0 Å². The zero-order valence-electron chi connectivity index (χ0n) is 15.0. The van der Waals surface area contributed by atoms with Crippen LogP contribution in [0.2, 0.25) is 0 Å². The summed E-state index contributed by atoms with van der Waals surface area (Å²) in [5, 5.41) is 11.0. The van der Waals surface area contributed by atoms with Crippen molar-refractivity contribution in [2.45, 2.75) is 13.0 Å². The molecule has 1 aliphatic heterocycles. The van der Waals surface area contributed by atoms with Gasteiger partial charge in [-0.2, -0.15) is 0 Å². The lowest BCUT2D eigenvalue weighted by Crippen LogP contribution is -2.50. The summed E-state index contributed by atoms with van der Waals surface area (Å²) < 4.78 is 7.26. The average Bonchev–Trinajstić information content (AvgIpc) is 2.97. The molecular weight excluding hydrogens is 318 g/mol. The van der Waals surface area contributed by atoms with Gasteiger partial charge in [0, 0.05) is 63.5 Å². The van der Waals surface area contributed by atoms with Gasteiger partial charge in [-0.25, -0.2) is 0 Å². The number of amides is 1. The van der Waals surface area contributed by atoms with Gasteiger partial charge in [0.25, 0.3) is 5.91 Å². The van der Waals surface area contributed by atoms with Crippen LogP contribution in [0.5, 0.6) is 0 Å². The number of nitrogens with zero attached hydrogens (tertiary/aromatic N) is 3. The fraction of sp³-hybridized carbons (Fsp3) is 0.526. The van der Waals surface area contributed by atoms with Crippen molar-refractivity contribution in [2.75, 3.05) is 45.9 Å². The fourth-order valence-corrected chi connectivity index (χ4v) is 3.42. The first-order valence-electron chi connectivity index (χ1n) is 8.91. The molecule has 1 aliphatic rings. The van der Waals surface area contributed by atoms with E-state index < -0.39 is 6.10 Å². The highest BCUT2D eigenvalue weighted by molar-refractivity contribution is 6.07. The lowest BCUT2D eigenvalue weighted by Gasteiger charge is -2.35. The first-order chi connectivity index (χ1) is 12.1. The third kappa shape index (κ3) is 4.03. The van der Waals surface area contributed by atoms with Crippen LogP contribution < -0.4 is 0 Å². The maximum Gasteiger partial charge on any atom is 0.256 e. The van der Waals surface area contributed by atoms with Crippen molar-refractivity contribution in [2.24, 2.45) is 7.05 Å². The summed E-state index contributed by atoms with van der Waals surface area (Å²) in [4.78, 5) is 17.0. The maximum atomic E-state index is 12.9. The highest BCUT2D eigenvalue weighted by Gasteiger charge is 2.25. The summed E-state index contributed by atoms with van der Waals surface area (Å²) in [6.45, 7) is 6.42. The van der Waals surface area contributed by atoms with Crippen molar-refractivity contribution in [1.29, 1.82) is 0 Å². The van der Waals surface area contributed by atoms with Gasteiger partial charge >= 0.3 is 0 Å². The number of para-hydroxylation sites is 1. The normalized spacial score (nSPS) is 17.2. The van der Waals surface area contributed by atoms with Gasteiger partial charge in [-0.05, 0) is 13.0 Å². The number of carbonyl (C=O) groups is 1. The van der Waals surface area contributed by atoms with Crippen molar-refractivity contribution >= 4 is 16.8 Å². The predicted molar refractivity (Wildman–Crippen MR) is 97.8 cm³/mol. The van der Waals surface area contributed by atoms with Gasteiger partial charge in [0.15, 0.2) is 0 Å². The number of aliphatic hydroxyl groups is 1. The molecule has 0 bridgehead atoms. The fourth-order valence-electron chi connectivity index (χ4n) is 3.42. The standard InChI is InChI=1S/C19H27N3O3/c1-3-25-14-15(23)12-21-8-10-22(11-9-21)19(24)17-13-20(2)18-7-5-4-6-16(17)18/h4-7,13,15,23H,3,8-12,14H2,1-2H3/t15-/m0/s1. The van der Waals surface area contributed by atoms with Crippen molar-refractivity contribution in [3.8, 4) is 0 Å². The summed E-state index contributed by atoms with van der Waals surface area (Å²) in [5.41, 5.74) is 1.84. The van der Waals surface area contributed by atoms with E-state index in [4.69, 9.17) is 4.74 Å². The van der Waals surface area contributed by atoms with Crippen LogP contribution in [0, 0.1) is 0 Å². The van der Waals surface area contributed by atoms with Crippen LogP contribution in [0.4, 0.5) is 0 Å². The van der Waals surface area contributed by atoms with E-state index in [1.807, 2.05) is 53.9 Å². The highest BCUT2D eigenvalue weighted by Crippen LogP contribution is 2.22. The number of hydrogen-bond acceptors (Lipinski definition) is 4. The summed E-state index contributed by atoms with van der Waals surface area (Å²) >= 11 is 0. The Morgan fingerprint density at radius 1 is 1.24 bits per heavy atom. The highest BCUT2D eigenvalue weighted by atomic mass is 16.5. The molecule has 1 amide bonds.